The van der Waals surface area contributed by atoms with Gasteiger partial charge in [0.15, 0.2) is 0 Å². The Hall–Kier alpha value is -0.820. The molecule has 82 valence electrons. The van der Waals surface area contributed by atoms with Gasteiger partial charge in [0.2, 0.25) is 0 Å². The van der Waals surface area contributed by atoms with E-state index in [0.29, 0.717) is 18.7 Å². The second-order valence-electron chi connectivity index (χ2n) is 3.16. The summed E-state index contributed by atoms with van der Waals surface area (Å²) in [5, 5.41) is 12.2. The molecule has 0 aliphatic carbocycles. The van der Waals surface area contributed by atoms with Gasteiger partial charge in [-0.1, -0.05) is 0 Å². The second kappa shape index (κ2) is 5.32. The number of phenols is 1. The minimum atomic E-state index is -0.295. The number of hydrogen-bond donors (Lipinski definition) is 3. The molecule has 1 aromatic carbocycles. The smallest absolute Gasteiger partial charge is 0.255 e. The zero-order chi connectivity index (χ0) is 11.4. The fourth-order valence-corrected chi connectivity index (χ4v) is 1.60. The van der Waals surface area contributed by atoms with E-state index < -0.39 is 0 Å². The third-order valence-electron chi connectivity index (χ3n) is 1.95. The molecule has 1 rings (SSSR count). The number of aryl methyl sites for hydroxylation is 1. The predicted molar refractivity (Wildman–Crippen MR) is 66.9 cm³/mol. The maximum Gasteiger partial charge on any atom is 0.255 e. The standard InChI is InChI=1S/C10H13IN2O2/c1-6-4-9(14)7(5-8(6)11)10(15)13-3-2-12/h4-5,14H,2-3,12H2,1H3,(H,13,15). The van der Waals surface area contributed by atoms with Crippen molar-refractivity contribution >= 4 is 28.5 Å². The molecule has 4 nitrogen and oxygen atoms in total. The van der Waals surface area contributed by atoms with Crippen molar-refractivity contribution in [3.05, 3.63) is 26.8 Å². The molecule has 4 N–H and O–H groups in total. The van der Waals surface area contributed by atoms with Gasteiger partial charge in [-0.2, -0.15) is 0 Å². The van der Waals surface area contributed by atoms with Crippen LogP contribution in [0, 0.1) is 10.5 Å². The molecule has 0 unspecified atom stereocenters. The molecule has 0 bridgehead atoms. The van der Waals surface area contributed by atoms with E-state index in [1.165, 1.54) is 0 Å². The van der Waals surface area contributed by atoms with Gasteiger partial charge in [-0.05, 0) is 47.2 Å². The monoisotopic (exact) mass is 320 g/mol. The first-order valence-electron chi connectivity index (χ1n) is 4.53. The number of halogens is 1. The van der Waals surface area contributed by atoms with Crippen molar-refractivity contribution in [3.8, 4) is 5.75 Å². The Morgan fingerprint density at radius 2 is 2.27 bits per heavy atom. The van der Waals surface area contributed by atoms with Crippen LogP contribution in [0.1, 0.15) is 15.9 Å². The van der Waals surface area contributed by atoms with Crippen molar-refractivity contribution in [1.82, 2.24) is 5.32 Å². The molecule has 15 heavy (non-hydrogen) atoms. The highest BCUT2D eigenvalue weighted by Gasteiger charge is 2.12. The lowest BCUT2D eigenvalue weighted by molar-refractivity contribution is 0.0952. The summed E-state index contributed by atoms with van der Waals surface area (Å²) in [6, 6.07) is 3.25. The fourth-order valence-electron chi connectivity index (χ4n) is 1.13. The predicted octanol–water partition coefficient (Wildman–Crippen LogP) is 0.994. The van der Waals surface area contributed by atoms with Crippen molar-refractivity contribution < 1.29 is 9.90 Å². The molecule has 0 aromatic heterocycles. The summed E-state index contributed by atoms with van der Waals surface area (Å²) < 4.78 is 0.947. The van der Waals surface area contributed by atoms with Crippen LogP contribution in [0.3, 0.4) is 0 Å². The topological polar surface area (TPSA) is 75.3 Å². The van der Waals surface area contributed by atoms with Crippen LogP contribution in [0.5, 0.6) is 5.75 Å². The first kappa shape index (κ1) is 12.3. The summed E-state index contributed by atoms with van der Waals surface area (Å²) in [6.45, 7) is 2.67. The number of nitrogens with one attached hydrogen (secondary N) is 1. The zero-order valence-corrected chi connectivity index (χ0v) is 10.5. The van der Waals surface area contributed by atoms with Gasteiger partial charge in [0.25, 0.3) is 5.91 Å². The third-order valence-corrected chi connectivity index (χ3v) is 3.11. The summed E-state index contributed by atoms with van der Waals surface area (Å²) in [6.07, 6.45) is 0. The van der Waals surface area contributed by atoms with Crippen LogP contribution >= 0.6 is 22.6 Å². The summed E-state index contributed by atoms with van der Waals surface area (Å²) in [5.74, 6) is -0.293. The van der Waals surface area contributed by atoms with E-state index in [0.717, 1.165) is 9.13 Å². The van der Waals surface area contributed by atoms with Crippen LogP contribution in [0.2, 0.25) is 0 Å². The van der Waals surface area contributed by atoms with Gasteiger partial charge >= 0.3 is 0 Å². The molecule has 1 aromatic rings. The molecule has 0 spiro atoms. The SMILES string of the molecule is Cc1cc(O)c(C(=O)NCCN)cc1I. The van der Waals surface area contributed by atoms with E-state index in [2.05, 4.69) is 27.9 Å². The third kappa shape index (κ3) is 3.07. The van der Waals surface area contributed by atoms with E-state index >= 15 is 0 Å². The summed E-state index contributed by atoms with van der Waals surface area (Å²) >= 11 is 2.12. The highest BCUT2D eigenvalue weighted by molar-refractivity contribution is 14.1. The van der Waals surface area contributed by atoms with Crippen LogP contribution in [0.4, 0.5) is 0 Å². The van der Waals surface area contributed by atoms with Gasteiger partial charge < -0.3 is 16.2 Å². The van der Waals surface area contributed by atoms with E-state index in [1.807, 2.05) is 6.92 Å². The van der Waals surface area contributed by atoms with Gasteiger partial charge in [-0.15, -0.1) is 0 Å². The summed E-state index contributed by atoms with van der Waals surface area (Å²) in [7, 11) is 0. The molecule has 0 aliphatic heterocycles. The normalized spacial score (nSPS) is 10.1. The lowest BCUT2D eigenvalue weighted by Crippen LogP contribution is -2.29. The maximum absolute atomic E-state index is 11.6. The van der Waals surface area contributed by atoms with Gasteiger partial charge in [0, 0.05) is 16.7 Å². The maximum atomic E-state index is 11.6. The molecule has 0 atom stereocenters. The first-order chi connectivity index (χ1) is 7.06. The summed E-state index contributed by atoms with van der Waals surface area (Å²) in [5.41, 5.74) is 6.51. The molecular weight excluding hydrogens is 307 g/mol. The average Bonchev–Trinajstić information content (AvgIpc) is 2.20. The molecule has 0 saturated heterocycles. The highest BCUT2D eigenvalue weighted by Crippen LogP contribution is 2.23. The number of carbonyl (C=O) groups is 1. The van der Waals surface area contributed by atoms with Gasteiger partial charge in [-0.25, -0.2) is 0 Å². The fraction of sp³-hybridized carbons (Fsp3) is 0.300. The Morgan fingerprint density at radius 1 is 1.60 bits per heavy atom. The van der Waals surface area contributed by atoms with Crippen molar-refractivity contribution in [1.29, 1.82) is 0 Å². The Bertz CT molecular complexity index is 380. The van der Waals surface area contributed by atoms with Crippen LogP contribution in [-0.4, -0.2) is 24.1 Å². The van der Waals surface area contributed by atoms with Crippen LogP contribution in [-0.2, 0) is 0 Å². The number of carbonyl (C=O) groups excluding carboxylic acids is 1. The highest BCUT2D eigenvalue weighted by atomic mass is 127. The molecule has 0 radical (unpaired) electrons. The molecule has 5 heteroatoms. The Balaban J connectivity index is 2.94. The Morgan fingerprint density at radius 3 is 2.87 bits per heavy atom. The van der Waals surface area contributed by atoms with Crippen LogP contribution < -0.4 is 11.1 Å². The quantitative estimate of drug-likeness (QED) is 0.727. The molecule has 1 amide bonds. The number of nitrogens with two attached hydrogens (primary N) is 1. The zero-order valence-electron chi connectivity index (χ0n) is 8.38. The first-order valence-corrected chi connectivity index (χ1v) is 5.61. The Kier molecular flexibility index (Phi) is 4.34. The molecular formula is C10H13IN2O2. The van der Waals surface area contributed by atoms with E-state index in [1.54, 1.807) is 12.1 Å². The molecule has 0 fully saturated rings. The van der Waals surface area contributed by atoms with E-state index in [4.69, 9.17) is 5.73 Å². The lowest BCUT2D eigenvalue weighted by Gasteiger charge is -2.07. The van der Waals surface area contributed by atoms with E-state index in [9.17, 15) is 9.90 Å². The number of hydrogen-bond acceptors (Lipinski definition) is 3. The van der Waals surface area contributed by atoms with E-state index in [-0.39, 0.29) is 11.7 Å². The molecule has 0 aliphatic rings. The molecule has 0 saturated carbocycles. The minimum absolute atomic E-state index is 0.00226. The lowest BCUT2D eigenvalue weighted by atomic mass is 10.1. The second-order valence-corrected chi connectivity index (χ2v) is 4.33. The van der Waals surface area contributed by atoms with Crippen LogP contribution in [0.15, 0.2) is 12.1 Å². The van der Waals surface area contributed by atoms with Crippen molar-refractivity contribution in [2.45, 2.75) is 6.92 Å². The largest absolute Gasteiger partial charge is 0.507 e. The molecule has 0 heterocycles. The van der Waals surface area contributed by atoms with Crippen molar-refractivity contribution in [2.24, 2.45) is 5.73 Å². The van der Waals surface area contributed by atoms with Crippen molar-refractivity contribution in [2.75, 3.05) is 13.1 Å². The number of aromatic hydroxyl groups is 1. The Labute approximate surface area is 102 Å². The van der Waals surface area contributed by atoms with Gasteiger partial charge in [0.1, 0.15) is 5.75 Å². The number of amides is 1. The summed E-state index contributed by atoms with van der Waals surface area (Å²) in [4.78, 5) is 11.6. The average molecular weight is 320 g/mol. The van der Waals surface area contributed by atoms with Gasteiger partial charge in [-0.3, -0.25) is 4.79 Å². The number of rotatable bonds is 3. The number of phenolic OH excluding ortho intramolecular Hbond substituents is 1. The van der Waals surface area contributed by atoms with Crippen LogP contribution in [0.25, 0.3) is 0 Å². The van der Waals surface area contributed by atoms with Crippen molar-refractivity contribution in [3.63, 3.8) is 0 Å². The minimum Gasteiger partial charge on any atom is -0.507 e. The number of benzene rings is 1. The van der Waals surface area contributed by atoms with Gasteiger partial charge in [0.05, 0.1) is 5.56 Å².